The van der Waals surface area contributed by atoms with E-state index in [1.165, 1.54) is 0 Å². The summed E-state index contributed by atoms with van der Waals surface area (Å²) in [7, 11) is 0. The van der Waals surface area contributed by atoms with Gasteiger partial charge in [-0.25, -0.2) is 0 Å². The van der Waals surface area contributed by atoms with E-state index in [2.05, 4.69) is 0 Å². The van der Waals surface area contributed by atoms with Gasteiger partial charge in [0, 0.05) is 10.6 Å². The van der Waals surface area contributed by atoms with E-state index >= 15 is 0 Å². The van der Waals surface area contributed by atoms with Crippen molar-refractivity contribution in [3.05, 3.63) is 23.3 Å². The van der Waals surface area contributed by atoms with Crippen molar-refractivity contribution in [3.8, 4) is 5.75 Å². The Morgan fingerprint density at radius 2 is 1.60 bits per heavy atom. The van der Waals surface area contributed by atoms with Gasteiger partial charge >= 0.3 is 11.7 Å². The van der Waals surface area contributed by atoms with Crippen LogP contribution in [0.15, 0.2) is 17.0 Å². The topological polar surface area (TPSA) is 9.23 Å². The van der Waals surface area contributed by atoms with Crippen molar-refractivity contribution in [3.63, 3.8) is 0 Å². The molecule has 0 unspecified atom stereocenters. The van der Waals surface area contributed by atoms with Crippen molar-refractivity contribution in [2.75, 3.05) is 18.1 Å². The first kappa shape index (κ1) is 22.3. The normalized spacial score (nSPS) is 12.5. The molecule has 0 aromatic heterocycles. The summed E-state index contributed by atoms with van der Waals surface area (Å²) in [6.45, 7) is 3.87. The zero-order valence-corrected chi connectivity index (χ0v) is 15.5. The van der Waals surface area contributed by atoms with Gasteiger partial charge in [-0.05, 0) is 50.3 Å². The van der Waals surface area contributed by atoms with E-state index in [1.54, 1.807) is 26.0 Å². The van der Waals surface area contributed by atoms with Gasteiger partial charge in [-0.1, -0.05) is 17.8 Å². The van der Waals surface area contributed by atoms with Gasteiger partial charge in [0.2, 0.25) is 0 Å². The molecule has 1 rings (SSSR count). The van der Waals surface area contributed by atoms with Gasteiger partial charge in [-0.3, -0.25) is 0 Å². The number of unbranched alkanes of at least 4 members (excludes halogenated alkanes) is 2. The predicted octanol–water partition coefficient (Wildman–Crippen LogP) is 6.76. The number of hydrogen-bond acceptors (Lipinski definition) is 3. The maximum Gasteiger partial charge on any atom is 0.441 e. The van der Waals surface area contributed by atoms with E-state index in [9.17, 15) is 26.3 Å². The maximum atomic E-state index is 12.4. The lowest BCUT2D eigenvalue weighted by Crippen LogP contribution is -2.10. The largest absolute Gasteiger partial charge is 0.493 e. The molecule has 0 amide bonds. The molecular weight excluding hydrogens is 386 g/mol. The molecule has 0 aliphatic carbocycles. The van der Waals surface area contributed by atoms with Gasteiger partial charge in [0.15, 0.2) is 0 Å². The van der Waals surface area contributed by atoms with E-state index in [0.717, 1.165) is 11.1 Å². The fraction of sp³-hybridized carbons (Fsp3) is 0.625. The van der Waals surface area contributed by atoms with Crippen LogP contribution in [0.2, 0.25) is 0 Å². The van der Waals surface area contributed by atoms with Crippen LogP contribution in [0.25, 0.3) is 0 Å². The second-order valence-corrected chi connectivity index (χ2v) is 7.67. The van der Waals surface area contributed by atoms with E-state index < -0.39 is 17.4 Å². The lowest BCUT2D eigenvalue weighted by Gasteiger charge is -2.14. The average molecular weight is 406 g/mol. The first-order chi connectivity index (χ1) is 11.5. The highest BCUT2D eigenvalue weighted by Gasteiger charge is 2.28. The number of alkyl halides is 6. The average Bonchev–Trinajstić information content (AvgIpc) is 2.45. The molecule has 9 heteroatoms. The third kappa shape index (κ3) is 10.1. The van der Waals surface area contributed by atoms with Gasteiger partial charge in [-0.15, -0.1) is 11.8 Å². The number of halogens is 6. The third-order valence-electron chi connectivity index (χ3n) is 3.18. The molecule has 0 bridgehead atoms. The van der Waals surface area contributed by atoms with Crippen LogP contribution >= 0.6 is 23.5 Å². The summed E-state index contributed by atoms with van der Waals surface area (Å²) >= 11 is 0.681. The van der Waals surface area contributed by atoms with Crippen LogP contribution in [-0.2, 0) is 0 Å². The van der Waals surface area contributed by atoms with Crippen molar-refractivity contribution in [2.24, 2.45) is 0 Å². The minimum absolute atomic E-state index is 0.0191. The van der Waals surface area contributed by atoms with Crippen molar-refractivity contribution < 1.29 is 31.1 Å². The summed E-state index contributed by atoms with van der Waals surface area (Å²) in [4.78, 5) is 0.513. The molecule has 25 heavy (non-hydrogen) atoms. The van der Waals surface area contributed by atoms with Gasteiger partial charge in [0.1, 0.15) is 5.75 Å². The smallest absolute Gasteiger partial charge is 0.441 e. The molecule has 0 heterocycles. The Morgan fingerprint density at radius 1 is 0.920 bits per heavy atom. The van der Waals surface area contributed by atoms with Crippen molar-refractivity contribution in [1.82, 2.24) is 0 Å². The number of thioether (sulfide) groups is 2. The molecule has 0 fully saturated rings. The molecule has 0 spiro atoms. The molecule has 0 saturated carbocycles. The molecule has 0 aliphatic rings. The standard InChI is InChI=1S/C16H20F6OS2/c1-11-8-12(2)14(24-10-15(17,18)19)9-13(11)23-6-4-3-5-7-25-16(20,21)22/h8-9H,3-7,10H2,1-2H3. The second-order valence-electron chi connectivity index (χ2n) is 5.49. The Bertz CT molecular complexity index is 543. The van der Waals surface area contributed by atoms with Crippen LogP contribution in [0, 0.1) is 13.8 Å². The zero-order valence-electron chi connectivity index (χ0n) is 13.9. The quantitative estimate of drug-likeness (QED) is 0.255. The highest BCUT2D eigenvalue weighted by atomic mass is 32.2. The molecule has 0 radical (unpaired) electrons. The Balaban J connectivity index is 2.42. The van der Waals surface area contributed by atoms with Crippen LogP contribution in [0.1, 0.15) is 30.4 Å². The Labute approximate surface area is 151 Å². The van der Waals surface area contributed by atoms with Gasteiger partial charge < -0.3 is 4.74 Å². The highest BCUT2D eigenvalue weighted by molar-refractivity contribution is 8.00. The summed E-state index contributed by atoms with van der Waals surface area (Å²) in [5, 5.41) is 0. The monoisotopic (exact) mass is 406 g/mol. The summed E-state index contributed by atoms with van der Waals surface area (Å²) in [6, 6.07) is 3.37. The molecular formula is C16H20F6OS2. The van der Waals surface area contributed by atoms with E-state index in [-0.39, 0.29) is 17.5 Å². The summed E-state index contributed by atoms with van der Waals surface area (Å²) in [6.07, 6.45) is -2.61. The number of hydrogen-bond donors (Lipinski definition) is 0. The van der Waals surface area contributed by atoms with Gasteiger partial charge in [0.25, 0.3) is 0 Å². The van der Waals surface area contributed by atoms with E-state index in [1.807, 2.05) is 0 Å². The SMILES string of the molecule is Cc1cc(C)c(SCC(F)(F)F)cc1OCCCCCSC(F)(F)F. The summed E-state index contributed by atoms with van der Waals surface area (Å²) < 4.78 is 78.6. The van der Waals surface area contributed by atoms with Crippen molar-refractivity contribution in [2.45, 2.75) is 49.7 Å². The molecule has 144 valence electrons. The summed E-state index contributed by atoms with van der Waals surface area (Å²) in [5.41, 5.74) is -2.62. The number of aryl methyl sites for hydroxylation is 2. The number of rotatable bonds is 9. The molecule has 0 aliphatic heterocycles. The van der Waals surface area contributed by atoms with Crippen LogP contribution in [0.5, 0.6) is 5.75 Å². The fourth-order valence-electron chi connectivity index (χ4n) is 2.04. The Morgan fingerprint density at radius 3 is 2.20 bits per heavy atom. The number of benzene rings is 1. The Kier molecular flexibility index (Phi) is 8.80. The first-order valence-electron chi connectivity index (χ1n) is 7.62. The predicted molar refractivity (Wildman–Crippen MR) is 90.6 cm³/mol. The second kappa shape index (κ2) is 9.85. The molecule has 0 saturated heterocycles. The number of ether oxygens (including phenoxy) is 1. The zero-order chi connectivity index (χ0) is 19.1. The van der Waals surface area contributed by atoms with Crippen LogP contribution in [-0.4, -0.2) is 29.8 Å². The fourth-order valence-corrected chi connectivity index (χ4v) is 3.41. The van der Waals surface area contributed by atoms with Crippen LogP contribution in [0.3, 0.4) is 0 Å². The third-order valence-corrected chi connectivity index (χ3v) is 5.22. The maximum absolute atomic E-state index is 12.4. The molecule has 0 N–H and O–H groups in total. The molecule has 1 aromatic carbocycles. The minimum atomic E-state index is -4.24. The lowest BCUT2D eigenvalue weighted by molar-refractivity contribution is -0.105. The first-order valence-corrected chi connectivity index (χ1v) is 9.59. The van der Waals surface area contributed by atoms with Crippen molar-refractivity contribution in [1.29, 1.82) is 0 Å². The van der Waals surface area contributed by atoms with Crippen LogP contribution in [0.4, 0.5) is 26.3 Å². The van der Waals surface area contributed by atoms with Crippen LogP contribution < -0.4 is 4.74 Å². The van der Waals surface area contributed by atoms with Crippen molar-refractivity contribution >= 4 is 23.5 Å². The molecule has 0 atom stereocenters. The Hall–Kier alpha value is -0.700. The molecule has 1 aromatic rings. The summed E-state index contributed by atoms with van der Waals surface area (Å²) in [5.74, 6) is -0.432. The van der Waals surface area contributed by atoms with E-state index in [0.29, 0.717) is 48.3 Å². The molecule has 1 nitrogen and oxygen atoms in total. The minimum Gasteiger partial charge on any atom is -0.493 e. The highest BCUT2D eigenvalue weighted by Crippen LogP contribution is 2.34. The van der Waals surface area contributed by atoms with Gasteiger partial charge in [-0.2, -0.15) is 26.3 Å². The lowest BCUT2D eigenvalue weighted by atomic mass is 10.1. The van der Waals surface area contributed by atoms with Gasteiger partial charge in [0.05, 0.1) is 12.4 Å². The van der Waals surface area contributed by atoms with E-state index in [4.69, 9.17) is 4.74 Å².